The van der Waals surface area contributed by atoms with Crippen molar-refractivity contribution in [2.24, 2.45) is 0 Å². The predicted octanol–water partition coefficient (Wildman–Crippen LogP) is 3.94. The van der Waals surface area contributed by atoms with Gasteiger partial charge in [-0.25, -0.2) is 4.79 Å². The maximum atomic E-state index is 12.5. The highest BCUT2D eigenvalue weighted by atomic mass is 16.6. The van der Waals surface area contributed by atoms with Crippen LogP contribution in [0.1, 0.15) is 51.2 Å². The third-order valence-electron chi connectivity index (χ3n) is 3.51. The Kier molecular flexibility index (Phi) is 5.24. The van der Waals surface area contributed by atoms with Gasteiger partial charge in [0.15, 0.2) is 0 Å². The zero-order valence-corrected chi connectivity index (χ0v) is 13.6. The topological polar surface area (TPSA) is 49.8 Å². The van der Waals surface area contributed by atoms with Gasteiger partial charge in [-0.1, -0.05) is 30.3 Å². The summed E-state index contributed by atoms with van der Waals surface area (Å²) in [5.41, 5.74) is 2.23. The van der Waals surface area contributed by atoms with Crippen molar-refractivity contribution in [2.45, 2.75) is 52.2 Å². The molecule has 1 heterocycles. The van der Waals surface area contributed by atoms with Crippen LogP contribution in [0.4, 0.5) is 4.79 Å². The molecule has 22 heavy (non-hydrogen) atoms. The van der Waals surface area contributed by atoms with Crippen molar-refractivity contribution in [1.29, 1.82) is 0 Å². The molecule has 0 saturated carbocycles. The van der Waals surface area contributed by atoms with E-state index in [1.54, 1.807) is 4.90 Å². The van der Waals surface area contributed by atoms with Gasteiger partial charge in [0.1, 0.15) is 5.60 Å². The highest BCUT2D eigenvalue weighted by Gasteiger charge is 2.26. The molecule has 4 heteroatoms. The van der Waals surface area contributed by atoms with Crippen molar-refractivity contribution >= 4 is 11.8 Å². The maximum absolute atomic E-state index is 12.5. The fraction of sp³-hybridized carbons (Fsp3) is 0.500. The summed E-state index contributed by atoms with van der Waals surface area (Å²) in [6.45, 7) is 6.32. The fourth-order valence-corrected chi connectivity index (χ4v) is 2.44. The van der Waals surface area contributed by atoms with E-state index in [4.69, 9.17) is 9.84 Å². The summed E-state index contributed by atoms with van der Waals surface area (Å²) >= 11 is 0. The standard InChI is InChI=1S/C18H25NO3/c1-18(2,3)22-17(21)19-12-6-4-5-7-16(19)15-10-8-14(13-20)9-11-15/h7-11,20H,4-6,12-13H2,1-3H3. The molecule has 1 aromatic carbocycles. The van der Waals surface area contributed by atoms with Crippen LogP contribution in [0.2, 0.25) is 0 Å². The first kappa shape index (κ1) is 16.6. The number of ether oxygens (including phenoxy) is 1. The normalized spacial score (nSPS) is 16.0. The van der Waals surface area contributed by atoms with Crippen molar-refractivity contribution < 1.29 is 14.6 Å². The molecule has 0 radical (unpaired) electrons. The van der Waals surface area contributed by atoms with E-state index in [0.717, 1.165) is 36.1 Å². The molecule has 0 aliphatic carbocycles. The van der Waals surface area contributed by atoms with Gasteiger partial charge in [-0.3, -0.25) is 4.90 Å². The van der Waals surface area contributed by atoms with Crippen LogP contribution in [0.5, 0.6) is 0 Å². The Hall–Kier alpha value is -1.81. The second-order valence-electron chi connectivity index (χ2n) is 6.57. The van der Waals surface area contributed by atoms with Gasteiger partial charge in [0.2, 0.25) is 0 Å². The predicted molar refractivity (Wildman–Crippen MR) is 87.1 cm³/mol. The van der Waals surface area contributed by atoms with Gasteiger partial charge in [-0.2, -0.15) is 0 Å². The number of hydrogen-bond acceptors (Lipinski definition) is 3. The molecule has 1 aliphatic rings. The number of allylic oxidation sites excluding steroid dienone is 1. The van der Waals surface area contributed by atoms with E-state index in [0.29, 0.717) is 6.54 Å². The van der Waals surface area contributed by atoms with E-state index in [2.05, 4.69) is 6.08 Å². The number of carbonyl (C=O) groups is 1. The van der Waals surface area contributed by atoms with Crippen LogP contribution in [0.15, 0.2) is 30.3 Å². The van der Waals surface area contributed by atoms with Crippen molar-refractivity contribution in [3.8, 4) is 0 Å². The number of aliphatic hydroxyl groups excluding tert-OH is 1. The Bertz CT molecular complexity index is 540. The number of carbonyl (C=O) groups excluding carboxylic acids is 1. The van der Waals surface area contributed by atoms with Crippen LogP contribution in [0.25, 0.3) is 5.70 Å². The van der Waals surface area contributed by atoms with E-state index in [9.17, 15) is 4.79 Å². The van der Waals surface area contributed by atoms with Crippen LogP contribution in [-0.2, 0) is 11.3 Å². The summed E-state index contributed by atoms with van der Waals surface area (Å²) in [6, 6.07) is 7.66. The van der Waals surface area contributed by atoms with Crippen molar-refractivity contribution in [3.05, 3.63) is 41.5 Å². The Morgan fingerprint density at radius 1 is 1.23 bits per heavy atom. The van der Waals surface area contributed by atoms with Gasteiger partial charge in [-0.15, -0.1) is 0 Å². The molecule has 0 spiro atoms. The molecule has 0 unspecified atom stereocenters. The van der Waals surface area contributed by atoms with E-state index < -0.39 is 5.60 Å². The number of nitrogens with zero attached hydrogens (tertiary/aromatic N) is 1. The van der Waals surface area contributed by atoms with Crippen LogP contribution >= 0.6 is 0 Å². The first-order chi connectivity index (χ1) is 10.4. The lowest BCUT2D eigenvalue weighted by Gasteiger charge is -2.28. The monoisotopic (exact) mass is 303 g/mol. The largest absolute Gasteiger partial charge is 0.443 e. The van der Waals surface area contributed by atoms with Gasteiger partial charge in [0, 0.05) is 6.54 Å². The molecular formula is C18H25NO3. The van der Waals surface area contributed by atoms with E-state index in [1.165, 1.54) is 0 Å². The molecule has 4 nitrogen and oxygen atoms in total. The van der Waals surface area contributed by atoms with Crippen LogP contribution in [-0.4, -0.2) is 28.2 Å². The second kappa shape index (κ2) is 6.97. The minimum absolute atomic E-state index is 0.0229. The lowest BCUT2D eigenvalue weighted by molar-refractivity contribution is 0.0353. The van der Waals surface area contributed by atoms with E-state index >= 15 is 0 Å². The summed E-state index contributed by atoms with van der Waals surface area (Å²) in [5.74, 6) is 0. The Morgan fingerprint density at radius 2 is 1.91 bits per heavy atom. The van der Waals surface area contributed by atoms with Gasteiger partial charge in [0.05, 0.1) is 12.3 Å². The van der Waals surface area contributed by atoms with E-state index in [1.807, 2.05) is 45.0 Å². The smallest absolute Gasteiger partial charge is 0.414 e. The molecule has 0 aromatic heterocycles. The van der Waals surface area contributed by atoms with Crippen LogP contribution < -0.4 is 0 Å². The van der Waals surface area contributed by atoms with Crippen LogP contribution in [0.3, 0.4) is 0 Å². The molecule has 1 aliphatic heterocycles. The van der Waals surface area contributed by atoms with Gasteiger partial charge < -0.3 is 9.84 Å². The van der Waals surface area contributed by atoms with Crippen molar-refractivity contribution in [3.63, 3.8) is 0 Å². The number of amides is 1. The van der Waals surface area contributed by atoms with Crippen molar-refractivity contribution in [2.75, 3.05) is 6.54 Å². The third kappa shape index (κ3) is 4.34. The zero-order chi connectivity index (χ0) is 16.2. The lowest BCUT2D eigenvalue weighted by atomic mass is 10.1. The van der Waals surface area contributed by atoms with Gasteiger partial charge in [0.25, 0.3) is 0 Å². The Morgan fingerprint density at radius 3 is 2.50 bits per heavy atom. The summed E-state index contributed by atoms with van der Waals surface area (Å²) in [5, 5.41) is 9.15. The molecule has 1 amide bonds. The second-order valence-corrected chi connectivity index (χ2v) is 6.57. The molecule has 0 atom stereocenters. The Labute approximate surface area is 132 Å². The molecular weight excluding hydrogens is 278 g/mol. The number of rotatable bonds is 2. The average Bonchev–Trinajstić information content (AvgIpc) is 2.71. The first-order valence-corrected chi connectivity index (χ1v) is 7.81. The number of benzene rings is 1. The molecule has 1 aromatic rings. The minimum Gasteiger partial charge on any atom is -0.443 e. The molecule has 2 rings (SSSR count). The minimum atomic E-state index is -0.505. The summed E-state index contributed by atoms with van der Waals surface area (Å²) in [4.78, 5) is 14.2. The SMILES string of the molecule is CC(C)(C)OC(=O)N1CCCCC=C1c1ccc(CO)cc1. The summed E-state index contributed by atoms with van der Waals surface area (Å²) < 4.78 is 5.54. The lowest BCUT2D eigenvalue weighted by Crippen LogP contribution is -2.36. The zero-order valence-electron chi connectivity index (χ0n) is 13.6. The summed E-state index contributed by atoms with van der Waals surface area (Å²) in [6.07, 6.45) is 4.79. The fourth-order valence-electron chi connectivity index (χ4n) is 2.44. The molecule has 120 valence electrons. The number of hydrogen-bond donors (Lipinski definition) is 1. The highest BCUT2D eigenvalue weighted by molar-refractivity contribution is 5.82. The van der Waals surface area contributed by atoms with Crippen LogP contribution in [0, 0.1) is 0 Å². The van der Waals surface area contributed by atoms with Gasteiger partial charge in [-0.05, 0) is 51.2 Å². The maximum Gasteiger partial charge on any atom is 0.414 e. The van der Waals surface area contributed by atoms with E-state index in [-0.39, 0.29) is 12.7 Å². The number of aliphatic hydroxyl groups is 1. The highest BCUT2D eigenvalue weighted by Crippen LogP contribution is 2.26. The average molecular weight is 303 g/mol. The summed E-state index contributed by atoms with van der Waals surface area (Å²) in [7, 11) is 0. The quantitative estimate of drug-likeness (QED) is 0.900. The third-order valence-corrected chi connectivity index (χ3v) is 3.51. The molecule has 0 saturated heterocycles. The Balaban J connectivity index is 2.27. The first-order valence-electron chi connectivity index (χ1n) is 7.81. The molecule has 0 bridgehead atoms. The van der Waals surface area contributed by atoms with Gasteiger partial charge >= 0.3 is 6.09 Å². The molecule has 0 fully saturated rings. The van der Waals surface area contributed by atoms with Crippen molar-refractivity contribution in [1.82, 2.24) is 4.90 Å². The molecule has 1 N–H and O–H groups in total.